The van der Waals surface area contributed by atoms with E-state index in [1.807, 2.05) is 36.4 Å². The van der Waals surface area contributed by atoms with E-state index in [0.29, 0.717) is 11.5 Å². The van der Waals surface area contributed by atoms with Gasteiger partial charge in [0.2, 0.25) is 5.95 Å². The van der Waals surface area contributed by atoms with E-state index in [-0.39, 0.29) is 0 Å². The van der Waals surface area contributed by atoms with Gasteiger partial charge in [-0.1, -0.05) is 18.6 Å². The number of nitrogens with one attached hydrogen (secondary N) is 2. The minimum Gasteiger partial charge on any atom is -0.497 e. The number of nitrogens with zero attached hydrogens (tertiary/aromatic N) is 3. The molecular formula is C28H35N5O2. The average molecular weight is 474 g/mol. The lowest BCUT2D eigenvalue weighted by atomic mass is 10.0. The van der Waals surface area contributed by atoms with E-state index in [2.05, 4.69) is 25.5 Å². The number of hydrogen-bond acceptors (Lipinski definition) is 7. The molecule has 0 saturated carbocycles. The van der Waals surface area contributed by atoms with Gasteiger partial charge in [-0.2, -0.15) is 0 Å². The highest BCUT2D eigenvalue weighted by atomic mass is 16.5. The van der Waals surface area contributed by atoms with Crippen LogP contribution in [-0.4, -0.2) is 60.5 Å². The van der Waals surface area contributed by atoms with Crippen LogP contribution in [0.2, 0.25) is 0 Å². The molecule has 0 spiro atoms. The van der Waals surface area contributed by atoms with E-state index in [1.165, 1.54) is 58.3 Å². The van der Waals surface area contributed by atoms with Crippen LogP contribution in [0.5, 0.6) is 5.75 Å². The van der Waals surface area contributed by atoms with Crippen LogP contribution < -0.4 is 15.4 Å². The highest BCUT2D eigenvalue weighted by Crippen LogP contribution is 2.22. The lowest BCUT2D eigenvalue weighted by Gasteiger charge is -2.36. The summed E-state index contributed by atoms with van der Waals surface area (Å²) >= 11 is 0. The van der Waals surface area contributed by atoms with Gasteiger partial charge in [0.1, 0.15) is 12.0 Å². The number of aromatic nitrogens is 2. The van der Waals surface area contributed by atoms with Gasteiger partial charge in [-0.3, -0.25) is 4.79 Å². The second kappa shape index (κ2) is 13.0. The van der Waals surface area contributed by atoms with Crippen molar-refractivity contribution in [2.24, 2.45) is 0 Å². The van der Waals surface area contributed by atoms with Crippen LogP contribution in [0.25, 0.3) is 11.1 Å². The summed E-state index contributed by atoms with van der Waals surface area (Å²) in [6, 6.07) is 15.7. The van der Waals surface area contributed by atoms with Crippen molar-refractivity contribution in [2.45, 2.75) is 38.1 Å². The number of carbonyl (C=O) groups is 1. The molecule has 184 valence electrons. The standard InChI is InChI=1S/C18H15N3O2.C10H20N2/c1-23-17-8-4-14(5-9-17)15-10-19-18(20-11-15)21-16-6-2-13(12-22)3-7-16;1-2-8-12(9-3-1)10-4-6-11-7-5-10/h2-12H,1H3,(H,19,20,21);10-11H,1-9H2. The Morgan fingerprint density at radius 1 is 0.914 bits per heavy atom. The highest BCUT2D eigenvalue weighted by molar-refractivity contribution is 5.76. The molecule has 2 aliphatic rings. The van der Waals surface area contributed by atoms with Crippen molar-refractivity contribution in [1.82, 2.24) is 20.2 Å². The number of rotatable bonds is 6. The van der Waals surface area contributed by atoms with Gasteiger partial charge >= 0.3 is 0 Å². The molecule has 0 radical (unpaired) electrons. The number of benzene rings is 2. The minimum atomic E-state index is 0.501. The smallest absolute Gasteiger partial charge is 0.227 e. The van der Waals surface area contributed by atoms with E-state index < -0.39 is 0 Å². The Bertz CT molecular complexity index is 1010. The molecule has 0 atom stereocenters. The Kier molecular flexibility index (Phi) is 9.20. The predicted octanol–water partition coefficient (Wildman–Crippen LogP) is 4.93. The number of piperidine rings is 2. The number of aldehydes is 1. The summed E-state index contributed by atoms with van der Waals surface area (Å²) in [5, 5.41) is 6.52. The molecule has 7 nitrogen and oxygen atoms in total. The molecule has 3 heterocycles. The molecule has 2 fully saturated rings. The summed E-state index contributed by atoms with van der Waals surface area (Å²) < 4.78 is 5.14. The molecule has 0 unspecified atom stereocenters. The first-order chi connectivity index (χ1) is 17.2. The topological polar surface area (TPSA) is 79.4 Å². The normalized spacial score (nSPS) is 16.6. The zero-order chi connectivity index (χ0) is 24.3. The first-order valence-corrected chi connectivity index (χ1v) is 12.5. The van der Waals surface area contributed by atoms with E-state index in [0.717, 1.165) is 34.9 Å². The van der Waals surface area contributed by atoms with Gasteiger partial charge in [-0.15, -0.1) is 0 Å². The predicted molar refractivity (Wildman–Crippen MR) is 140 cm³/mol. The third-order valence-corrected chi connectivity index (χ3v) is 6.59. The maximum atomic E-state index is 10.6. The first kappa shape index (κ1) is 24.8. The Labute approximate surface area is 207 Å². The Morgan fingerprint density at radius 2 is 1.57 bits per heavy atom. The van der Waals surface area contributed by atoms with Gasteiger partial charge in [0.15, 0.2) is 0 Å². The third-order valence-electron chi connectivity index (χ3n) is 6.59. The van der Waals surface area contributed by atoms with E-state index in [9.17, 15) is 4.79 Å². The van der Waals surface area contributed by atoms with Crippen LogP contribution in [0, 0.1) is 0 Å². The van der Waals surface area contributed by atoms with Gasteiger partial charge in [-0.25, -0.2) is 9.97 Å². The van der Waals surface area contributed by atoms with Crippen molar-refractivity contribution in [1.29, 1.82) is 0 Å². The van der Waals surface area contributed by atoms with Gasteiger partial charge in [0.05, 0.1) is 7.11 Å². The summed E-state index contributed by atoms with van der Waals surface area (Å²) in [5.74, 6) is 1.31. The monoisotopic (exact) mass is 473 g/mol. The summed E-state index contributed by atoms with van der Waals surface area (Å²) in [4.78, 5) is 22.0. The van der Waals surface area contributed by atoms with E-state index >= 15 is 0 Å². The Balaban J connectivity index is 0.000000201. The summed E-state index contributed by atoms with van der Waals surface area (Å²) in [7, 11) is 1.64. The zero-order valence-electron chi connectivity index (χ0n) is 20.5. The van der Waals surface area contributed by atoms with Crippen LogP contribution in [0.4, 0.5) is 11.6 Å². The molecule has 3 aromatic rings. The molecule has 35 heavy (non-hydrogen) atoms. The molecular weight excluding hydrogens is 438 g/mol. The second-order valence-corrected chi connectivity index (χ2v) is 8.97. The van der Waals surface area contributed by atoms with Crippen LogP contribution in [0.1, 0.15) is 42.5 Å². The van der Waals surface area contributed by atoms with Crippen molar-refractivity contribution < 1.29 is 9.53 Å². The lowest BCUT2D eigenvalue weighted by molar-refractivity contribution is 0.112. The molecule has 7 heteroatoms. The number of methoxy groups -OCH3 is 1. The van der Waals surface area contributed by atoms with Crippen LogP contribution in [-0.2, 0) is 0 Å². The molecule has 2 N–H and O–H groups in total. The van der Waals surface area contributed by atoms with Crippen molar-refractivity contribution in [3.8, 4) is 16.9 Å². The number of likely N-dealkylation sites (tertiary alicyclic amines) is 1. The summed E-state index contributed by atoms with van der Waals surface area (Å²) in [6.07, 6.45) is 11.4. The fraction of sp³-hybridized carbons (Fsp3) is 0.393. The second-order valence-electron chi connectivity index (χ2n) is 8.97. The SMILES string of the molecule is C1CCN(C2CCNCC2)CC1.COc1ccc(-c2cnc(Nc3ccc(C=O)cc3)nc2)cc1. The van der Waals surface area contributed by atoms with Gasteiger partial charge < -0.3 is 20.3 Å². The molecule has 0 aliphatic carbocycles. The molecule has 2 aliphatic heterocycles. The fourth-order valence-electron chi connectivity index (χ4n) is 4.55. The van der Waals surface area contributed by atoms with Gasteiger partial charge in [0, 0.05) is 35.2 Å². The third kappa shape index (κ3) is 7.34. The quantitative estimate of drug-likeness (QED) is 0.491. The zero-order valence-corrected chi connectivity index (χ0v) is 20.5. The highest BCUT2D eigenvalue weighted by Gasteiger charge is 2.21. The van der Waals surface area contributed by atoms with Gasteiger partial charge in [0.25, 0.3) is 0 Å². The molecule has 5 rings (SSSR count). The number of ether oxygens (including phenoxy) is 1. The van der Waals surface area contributed by atoms with Crippen molar-refractivity contribution in [2.75, 3.05) is 38.6 Å². The van der Waals surface area contributed by atoms with E-state index in [4.69, 9.17) is 4.74 Å². The van der Waals surface area contributed by atoms with Crippen LogP contribution >= 0.6 is 0 Å². The molecule has 1 aromatic heterocycles. The molecule has 0 bridgehead atoms. The minimum absolute atomic E-state index is 0.501. The fourth-order valence-corrected chi connectivity index (χ4v) is 4.55. The summed E-state index contributed by atoms with van der Waals surface area (Å²) in [5.41, 5.74) is 3.40. The van der Waals surface area contributed by atoms with Crippen molar-refractivity contribution in [3.05, 3.63) is 66.5 Å². The maximum Gasteiger partial charge on any atom is 0.227 e. The van der Waals surface area contributed by atoms with Crippen molar-refractivity contribution >= 4 is 17.9 Å². The van der Waals surface area contributed by atoms with Crippen molar-refractivity contribution in [3.63, 3.8) is 0 Å². The van der Waals surface area contributed by atoms with E-state index in [1.54, 1.807) is 31.6 Å². The van der Waals surface area contributed by atoms with Crippen LogP contribution in [0.15, 0.2) is 60.9 Å². The van der Waals surface area contributed by atoms with Gasteiger partial charge in [-0.05, 0) is 93.8 Å². The largest absolute Gasteiger partial charge is 0.497 e. The number of anilines is 2. The lowest BCUT2D eigenvalue weighted by Crippen LogP contribution is -2.45. The molecule has 0 amide bonds. The number of carbonyl (C=O) groups excluding carboxylic acids is 1. The Hall–Kier alpha value is -3.29. The Morgan fingerprint density at radius 3 is 2.17 bits per heavy atom. The number of hydrogen-bond donors (Lipinski definition) is 2. The first-order valence-electron chi connectivity index (χ1n) is 12.5. The average Bonchev–Trinajstić information content (AvgIpc) is 2.95. The summed E-state index contributed by atoms with van der Waals surface area (Å²) in [6.45, 7) is 5.21. The molecule has 2 aromatic carbocycles. The maximum absolute atomic E-state index is 10.6. The molecule has 2 saturated heterocycles. The van der Waals surface area contributed by atoms with Crippen LogP contribution in [0.3, 0.4) is 0 Å².